The van der Waals surface area contributed by atoms with Crippen LogP contribution in [0.15, 0.2) is 64.4 Å². The number of rotatable bonds is 7. The first-order chi connectivity index (χ1) is 13.8. The molecule has 0 spiro atoms. The topological polar surface area (TPSA) is 90.1 Å². The third-order valence-corrected chi connectivity index (χ3v) is 5.57. The zero-order valence-electron chi connectivity index (χ0n) is 15.8. The number of aromatic nitrogens is 2. The Morgan fingerprint density at radius 1 is 1.28 bits per heavy atom. The number of anilines is 1. The van der Waals surface area contributed by atoms with Crippen LogP contribution in [0, 0.1) is 23.0 Å². The summed E-state index contributed by atoms with van der Waals surface area (Å²) in [5, 5.41) is 18.4. The van der Waals surface area contributed by atoms with Gasteiger partial charge in [-0.1, -0.05) is 42.4 Å². The molecule has 3 aromatic rings. The molecule has 0 aliphatic carbocycles. The van der Waals surface area contributed by atoms with Crippen molar-refractivity contribution in [1.82, 2.24) is 9.78 Å². The van der Waals surface area contributed by atoms with Gasteiger partial charge in [-0.3, -0.25) is 4.79 Å². The number of hydrogen-bond acceptors (Lipinski definition) is 5. The summed E-state index contributed by atoms with van der Waals surface area (Å²) in [6, 6.07) is 16.4. The number of carbonyl (C=O) groups excluding carboxylic acids is 1. The molecule has 0 fully saturated rings. The highest BCUT2D eigenvalue weighted by Gasteiger charge is 2.21. The molecule has 0 saturated heterocycles. The highest BCUT2D eigenvalue weighted by molar-refractivity contribution is 7.99. The summed E-state index contributed by atoms with van der Waals surface area (Å²) < 4.78 is 1.48. The molecular formula is C20H19ClN4O3S. The van der Waals surface area contributed by atoms with E-state index in [-0.39, 0.29) is 18.3 Å². The van der Waals surface area contributed by atoms with Gasteiger partial charge in [-0.05, 0) is 48.2 Å². The summed E-state index contributed by atoms with van der Waals surface area (Å²) in [5.41, 5.74) is 1.34. The largest absolute Gasteiger partial charge is 0.390 e. The minimum Gasteiger partial charge on any atom is -0.358 e. The van der Waals surface area contributed by atoms with E-state index >= 15 is 0 Å². The molecular weight excluding hydrogens is 412 g/mol. The Hall–Kier alpha value is -2.84. The number of nitrogens with one attached hydrogen (secondary N) is 1. The second kappa shape index (κ2) is 9.11. The maximum Gasteiger partial charge on any atom is 0.390 e. The van der Waals surface area contributed by atoms with Crippen molar-refractivity contribution in [2.75, 3.05) is 5.32 Å². The van der Waals surface area contributed by atoms with Crippen LogP contribution >= 0.6 is 23.4 Å². The first-order valence-electron chi connectivity index (χ1n) is 8.85. The van der Waals surface area contributed by atoms with Crippen LogP contribution in [-0.4, -0.2) is 20.6 Å². The number of benzene rings is 2. The Bertz CT molecular complexity index is 1040. The van der Waals surface area contributed by atoms with Gasteiger partial charge in [-0.2, -0.15) is 4.68 Å². The predicted octanol–water partition coefficient (Wildman–Crippen LogP) is 5.18. The molecule has 0 radical (unpaired) electrons. The van der Waals surface area contributed by atoms with Gasteiger partial charge in [0, 0.05) is 14.8 Å². The van der Waals surface area contributed by atoms with Crippen molar-refractivity contribution in [1.29, 1.82) is 0 Å². The Morgan fingerprint density at radius 2 is 1.97 bits per heavy atom. The van der Waals surface area contributed by atoms with E-state index in [1.54, 1.807) is 13.8 Å². The molecule has 9 heteroatoms. The molecule has 29 heavy (non-hydrogen) atoms. The molecule has 0 bridgehead atoms. The number of amides is 1. The normalized spacial score (nSPS) is 11.8. The second-order valence-corrected chi connectivity index (χ2v) is 8.08. The SMILES string of the molecule is Cc1cc([N+](=O)[O-])nn1CC(C)C(=O)Nc1ccccc1Sc1ccc(Cl)cc1. The molecule has 150 valence electrons. The van der Waals surface area contributed by atoms with Crippen molar-refractivity contribution >= 4 is 40.8 Å². The zero-order valence-corrected chi connectivity index (χ0v) is 17.4. The van der Waals surface area contributed by atoms with Crippen LogP contribution in [0.25, 0.3) is 0 Å². The summed E-state index contributed by atoms with van der Waals surface area (Å²) in [6.45, 7) is 3.73. The van der Waals surface area contributed by atoms with E-state index in [0.717, 1.165) is 9.79 Å². The summed E-state index contributed by atoms with van der Waals surface area (Å²) in [5.74, 6) is -0.840. The molecule has 0 saturated carbocycles. The Balaban J connectivity index is 1.70. The molecule has 1 atom stereocenters. The van der Waals surface area contributed by atoms with E-state index < -0.39 is 10.8 Å². The lowest BCUT2D eigenvalue weighted by Crippen LogP contribution is -2.25. The van der Waals surface area contributed by atoms with Crippen LogP contribution in [0.4, 0.5) is 11.5 Å². The quantitative estimate of drug-likeness (QED) is 0.412. The van der Waals surface area contributed by atoms with Crippen molar-refractivity contribution in [3.05, 3.63) is 75.4 Å². The molecule has 1 unspecified atom stereocenters. The predicted molar refractivity (Wildman–Crippen MR) is 113 cm³/mol. The van der Waals surface area contributed by atoms with Crippen LogP contribution in [0.2, 0.25) is 5.02 Å². The van der Waals surface area contributed by atoms with Gasteiger partial charge in [0.15, 0.2) is 0 Å². The average Bonchev–Trinajstić information content (AvgIpc) is 3.06. The van der Waals surface area contributed by atoms with Gasteiger partial charge in [0.2, 0.25) is 5.91 Å². The minimum absolute atomic E-state index is 0.188. The lowest BCUT2D eigenvalue weighted by Gasteiger charge is -2.14. The average molecular weight is 431 g/mol. The van der Waals surface area contributed by atoms with Crippen LogP contribution in [0.5, 0.6) is 0 Å². The first-order valence-corrected chi connectivity index (χ1v) is 10.0. The number of nitro groups is 1. The maximum absolute atomic E-state index is 12.7. The maximum atomic E-state index is 12.7. The van der Waals surface area contributed by atoms with E-state index in [1.165, 1.54) is 22.5 Å². The monoisotopic (exact) mass is 430 g/mol. The van der Waals surface area contributed by atoms with E-state index in [0.29, 0.717) is 16.4 Å². The molecule has 3 rings (SSSR count). The molecule has 1 aromatic heterocycles. The molecule has 0 aliphatic heterocycles. The van der Waals surface area contributed by atoms with Crippen LogP contribution < -0.4 is 5.32 Å². The van der Waals surface area contributed by atoms with Crippen molar-refractivity contribution in [3.63, 3.8) is 0 Å². The number of carbonyl (C=O) groups is 1. The van der Waals surface area contributed by atoms with Crippen molar-refractivity contribution in [3.8, 4) is 0 Å². The van der Waals surface area contributed by atoms with Crippen LogP contribution in [-0.2, 0) is 11.3 Å². The molecule has 1 amide bonds. The summed E-state index contributed by atoms with van der Waals surface area (Å²) in [6.07, 6.45) is 0. The lowest BCUT2D eigenvalue weighted by atomic mass is 10.1. The minimum atomic E-state index is -0.543. The van der Waals surface area contributed by atoms with Gasteiger partial charge in [-0.25, -0.2) is 0 Å². The van der Waals surface area contributed by atoms with Gasteiger partial charge in [0.25, 0.3) is 0 Å². The number of aryl methyl sites for hydroxylation is 1. The number of para-hydroxylation sites is 1. The number of halogens is 1. The lowest BCUT2D eigenvalue weighted by molar-refractivity contribution is -0.389. The first kappa shape index (κ1) is 20.9. The fourth-order valence-corrected chi connectivity index (χ4v) is 3.68. The third kappa shape index (κ3) is 5.36. The Morgan fingerprint density at radius 3 is 2.62 bits per heavy atom. The van der Waals surface area contributed by atoms with E-state index in [4.69, 9.17) is 11.6 Å². The van der Waals surface area contributed by atoms with Crippen molar-refractivity contribution < 1.29 is 9.72 Å². The Kier molecular flexibility index (Phi) is 6.56. The highest BCUT2D eigenvalue weighted by Crippen LogP contribution is 2.34. The van der Waals surface area contributed by atoms with Crippen LogP contribution in [0.1, 0.15) is 12.6 Å². The molecule has 1 N–H and O–H groups in total. The van der Waals surface area contributed by atoms with Gasteiger partial charge in [0.05, 0.1) is 35.0 Å². The summed E-state index contributed by atoms with van der Waals surface area (Å²) in [4.78, 5) is 24.9. The summed E-state index contributed by atoms with van der Waals surface area (Å²) in [7, 11) is 0. The molecule has 1 heterocycles. The second-order valence-electron chi connectivity index (χ2n) is 6.53. The smallest absolute Gasteiger partial charge is 0.358 e. The van der Waals surface area contributed by atoms with Gasteiger partial charge in [0.1, 0.15) is 0 Å². The molecule has 2 aromatic carbocycles. The fourth-order valence-electron chi connectivity index (χ4n) is 2.65. The number of hydrogen-bond donors (Lipinski definition) is 1. The van der Waals surface area contributed by atoms with E-state index in [9.17, 15) is 14.9 Å². The molecule has 0 aliphatic rings. The summed E-state index contributed by atoms with van der Waals surface area (Å²) >= 11 is 7.46. The van der Waals surface area contributed by atoms with Crippen molar-refractivity contribution in [2.45, 2.75) is 30.2 Å². The highest BCUT2D eigenvalue weighted by atomic mass is 35.5. The number of nitrogens with zero attached hydrogens (tertiary/aromatic N) is 3. The Labute approximate surface area is 177 Å². The van der Waals surface area contributed by atoms with Gasteiger partial charge in [-0.15, -0.1) is 0 Å². The fraction of sp³-hybridized carbons (Fsp3) is 0.200. The van der Waals surface area contributed by atoms with Gasteiger partial charge >= 0.3 is 5.82 Å². The third-order valence-electron chi connectivity index (χ3n) is 4.24. The van der Waals surface area contributed by atoms with E-state index in [2.05, 4.69) is 10.4 Å². The van der Waals surface area contributed by atoms with Gasteiger partial charge < -0.3 is 15.4 Å². The van der Waals surface area contributed by atoms with Crippen molar-refractivity contribution in [2.24, 2.45) is 5.92 Å². The van der Waals surface area contributed by atoms with Crippen LogP contribution in [0.3, 0.4) is 0 Å². The molecule has 7 nitrogen and oxygen atoms in total. The van der Waals surface area contributed by atoms with E-state index in [1.807, 2.05) is 48.5 Å². The zero-order chi connectivity index (χ0) is 21.0. The standard InChI is InChI=1S/C20H19ClN4O3S/c1-13(12-24-14(2)11-19(23-24)25(27)28)20(26)22-17-5-3-4-6-18(17)29-16-9-7-15(21)8-10-16/h3-11,13H,12H2,1-2H3,(H,22,26).